The van der Waals surface area contributed by atoms with E-state index >= 15 is 0 Å². The third kappa shape index (κ3) is 1.91. The molecule has 6 atom stereocenters. The summed E-state index contributed by atoms with van der Waals surface area (Å²) in [6.07, 6.45) is -9.85. The van der Waals surface area contributed by atoms with Crippen molar-refractivity contribution in [3.05, 3.63) is 24.3 Å². The molecule has 0 aliphatic heterocycles. The summed E-state index contributed by atoms with van der Waals surface area (Å²) in [5, 5.41) is 48.2. The van der Waals surface area contributed by atoms with Crippen molar-refractivity contribution in [2.45, 2.75) is 42.9 Å². The molecule has 2 fully saturated rings. The molecule has 0 saturated heterocycles. The van der Waals surface area contributed by atoms with Gasteiger partial charge in [0.25, 0.3) is 5.92 Å². The minimum absolute atomic E-state index is 0.0459. The Hall–Kier alpha value is -1.48. The fourth-order valence-corrected chi connectivity index (χ4v) is 3.10. The summed E-state index contributed by atoms with van der Waals surface area (Å²) in [5.74, 6) is -3.88. The first-order valence-electron chi connectivity index (χ1n) is 6.77. The zero-order chi connectivity index (χ0) is 16.3. The Balaban J connectivity index is 1.93. The van der Waals surface area contributed by atoms with Crippen LogP contribution < -0.4 is 4.74 Å². The van der Waals surface area contributed by atoms with Gasteiger partial charge in [-0.1, -0.05) is 0 Å². The zero-order valence-corrected chi connectivity index (χ0v) is 11.3. The molecule has 8 heteroatoms. The minimum Gasteiger partial charge on any atom is -0.508 e. The van der Waals surface area contributed by atoms with Gasteiger partial charge >= 0.3 is 0 Å². The Bertz CT molecular complexity index is 565. The highest BCUT2D eigenvalue weighted by molar-refractivity contribution is 5.32. The molecule has 2 saturated carbocycles. The molecular weight excluding hydrogens is 302 g/mol. The number of benzene rings is 1. The Morgan fingerprint density at radius 1 is 1.00 bits per heavy atom. The van der Waals surface area contributed by atoms with Gasteiger partial charge in [-0.25, -0.2) is 8.78 Å². The number of hydrogen-bond acceptors (Lipinski definition) is 6. The van der Waals surface area contributed by atoms with Crippen LogP contribution in [0.5, 0.6) is 11.5 Å². The highest BCUT2D eigenvalue weighted by atomic mass is 19.3. The Kier molecular flexibility index (Phi) is 3.33. The van der Waals surface area contributed by atoms with Crippen LogP contribution in [0.2, 0.25) is 0 Å². The smallest absolute Gasteiger partial charge is 0.297 e. The number of phenolic OH excluding ortho intramolecular Hbond substituents is 1. The van der Waals surface area contributed by atoms with E-state index in [1.807, 2.05) is 0 Å². The van der Waals surface area contributed by atoms with Gasteiger partial charge in [0.1, 0.15) is 23.7 Å². The van der Waals surface area contributed by atoms with Gasteiger partial charge in [-0.2, -0.15) is 0 Å². The fourth-order valence-electron chi connectivity index (χ4n) is 3.10. The predicted octanol–water partition coefficient (Wildman–Crippen LogP) is -0.378. The molecule has 2 aliphatic carbocycles. The van der Waals surface area contributed by atoms with E-state index in [4.69, 9.17) is 9.84 Å². The summed E-state index contributed by atoms with van der Waals surface area (Å²) in [5.41, 5.74) is -2.22. The van der Waals surface area contributed by atoms with Gasteiger partial charge in [0.2, 0.25) is 0 Å². The molecule has 1 unspecified atom stereocenters. The summed E-state index contributed by atoms with van der Waals surface area (Å²) in [6.45, 7) is 0. The lowest BCUT2D eigenvalue weighted by molar-refractivity contribution is -0.277. The van der Waals surface area contributed by atoms with Crippen molar-refractivity contribution in [1.29, 1.82) is 0 Å². The molecular formula is C14H16F2O6. The topological polar surface area (TPSA) is 110 Å². The molecule has 2 aliphatic rings. The van der Waals surface area contributed by atoms with Gasteiger partial charge in [0, 0.05) is 0 Å². The molecule has 0 radical (unpaired) electrons. The van der Waals surface area contributed by atoms with Crippen molar-refractivity contribution in [3.63, 3.8) is 0 Å². The molecule has 1 spiro atoms. The number of aliphatic hydroxyl groups excluding tert-OH is 4. The molecule has 0 aromatic heterocycles. The number of aliphatic hydroxyl groups is 4. The second kappa shape index (κ2) is 4.76. The first-order chi connectivity index (χ1) is 10.2. The van der Waals surface area contributed by atoms with Crippen LogP contribution in [0.25, 0.3) is 0 Å². The first-order valence-corrected chi connectivity index (χ1v) is 6.77. The molecule has 5 N–H and O–H groups in total. The van der Waals surface area contributed by atoms with Crippen LogP contribution in [0.15, 0.2) is 24.3 Å². The zero-order valence-electron chi connectivity index (χ0n) is 11.3. The number of hydrogen-bond donors (Lipinski definition) is 5. The van der Waals surface area contributed by atoms with E-state index in [2.05, 4.69) is 0 Å². The molecule has 122 valence electrons. The standard InChI is InChI=1S/C14H16F2O6/c15-14(16)12(22-7-3-1-6(17)2-4-7)10(20)9(19)11(21)13(14)5-8(13)18/h1-4,8-12,17-21H,5H2/t8-,9-,10-,11+,12-,13?/m1/s1. The second-order valence-electron chi connectivity index (χ2n) is 5.84. The third-order valence-electron chi connectivity index (χ3n) is 4.55. The van der Waals surface area contributed by atoms with E-state index in [1.165, 1.54) is 24.3 Å². The molecule has 1 aromatic carbocycles. The van der Waals surface area contributed by atoms with Crippen LogP contribution in [0, 0.1) is 5.41 Å². The summed E-state index contributed by atoms with van der Waals surface area (Å²) in [6, 6.07) is 4.89. The Morgan fingerprint density at radius 2 is 1.55 bits per heavy atom. The normalized spacial score (nSPS) is 43.1. The van der Waals surface area contributed by atoms with E-state index in [0.717, 1.165) is 0 Å². The van der Waals surface area contributed by atoms with Crippen molar-refractivity contribution in [1.82, 2.24) is 0 Å². The van der Waals surface area contributed by atoms with Crippen LogP contribution in [-0.4, -0.2) is 62.0 Å². The van der Waals surface area contributed by atoms with Crippen molar-refractivity contribution < 1.29 is 39.1 Å². The number of aromatic hydroxyl groups is 1. The van der Waals surface area contributed by atoms with E-state index in [0.29, 0.717) is 0 Å². The van der Waals surface area contributed by atoms with Crippen LogP contribution in [0.4, 0.5) is 8.78 Å². The van der Waals surface area contributed by atoms with Crippen LogP contribution in [0.1, 0.15) is 6.42 Å². The summed E-state index contributed by atoms with van der Waals surface area (Å²) in [7, 11) is 0. The molecule has 22 heavy (non-hydrogen) atoms. The van der Waals surface area contributed by atoms with Gasteiger partial charge < -0.3 is 30.3 Å². The maximum Gasteiger partial charge on any atom is 0.297 e. The number of ether oxygens (including phenoxy) is 1. The molecule has 0 amide bonds. The highest BCUT2D eigenvalue weighted by Gasteiger charge is 2.81. The average Bonchev–Trinajstić information content (AvgIpc) is 3.16. The quantitative estimate of drug-likeness (QED) is 0.508. The fraction of sp³-hybridized carbons (Fsp3) is 0.571. The van der Waals surface area contributed by atoms with Gasteiger partial charge in [-0.05, 0) is 30.7 Å². The number of rotatable bonds is 2. The average molecular weight is 318 g/mol. The Morgan fingerprint density at radius 3 is 2.05 bits per heavy atom. The lowest BCUT2D eigenvalue weighted by Crippen LogP contribution is -2.68. The van der Waals surface area contributed by atoms with Gasteiger partial charge in [-0.15, -0.1) is 0 Å². The summed E-state index contributed by atoms with van der Waals surface area (Å²) >= 11 is 0. The number of alkyl halides is 2. The maximum atomic E-state index is 14.6. The van der Waals surface area contributed by atoms with Crippen molar-refractivity contribution >= 4 is 0 Å². The monoisotopic (exact) mass is 318 g/mol. The van der Waals surface area contributed by atoms with Gasteiger partial charge in [0.15, 0.2) is 6.10 Å². The third-order valence-corrected chi connectivity index (χ3v) is 4.55. The van der Waals surface area contributed by atoms with Gasteiger partial charge in [-0.3, -0.25) is 0 Å². The maximum absolute atomic E-state index is 14.6. The molecule has 3 rings (SSSR count). The Labute approximate surface area is 124 Å². The minimum atomic E-state index is -3.75. The van der Waals surface area contributed by atoms with E-state index in [-0.39, 0.29) is 17.9 Å². The molecule has 6 nitrogen and oxygen atoms in total. The van der Waals surface area contributed by atoms with Gasteiger partial charge in [0.05, 0.1) is 17.6 Å². The van der Waals surface area contributed by atoms with Crippen molar-refractivity contribution in [2.75, 3.05) is 0 Å². The van der Waals surface area contributed by atoms with Crippen LogP contribution in [-0.2, 0) is 0 Å². The molecule has 0 bridgehead atoms. The van der Waals surface area contributed by atoms with E-state index in [1.54, 1.807) is 0 Å². The first kappa shape index (κ1) is 15.4. The van der Waals surface area contributed by atoms with Crippen LogP contribution >= 0.6 is 0 Å². The second-order valence-corrected chi connectivity index (χ2v) is 5.84. The van der Waals surface area contributed by atoms with E-state index < -0.39 is 41.9 Å². The van der Waals surface area contributed by atoms with Crippen molar-refractivity contribution in [3.8, 4) is 11.5 Å². The number of halogens is 2. The molecule has 0 heterocycles. The van der Waals surface area contributed by atoms with Crippen molar-refractivity contribution in [2.24, 2.45) is 5.41 Å². The van der Waals surface area contributed by atoms with Crippen LogP contribution in [0.3, 0.4) is 0 Å². The van der Waals surface area contributed by atoms with E-state index in [9.17, 15) is 29.2 Å². The SMILES string of the molecule is Oc1ccc(O[C@@H]2[C@H](O)[C@@H](O)[C@H](O)C3(C[C@H]3O)C2(F)F)cc1. The number of phenols is 1. The lowest BCUT2D eigenvalue weighted by Gasteiger charge is -2.46. The highest BCUT2D eigenvalue weighted by Crippen LogP contribution is 2.64. The summed E-state index contributed by atoms with van der Waals surface area (Å²) in [4.78, 5) is 0. The largest absolute Gasteiger partial charge is 0.508 e. The lowest BCUT2D eigenvalue weighted by atomic mass is 9.74. The predicted molar refractivity (Wildman–Crippen MR) is 68.5 cm³/mol. The summed E-state index contributed by atoms with van der Waals surface area (Å²) < 4.78 is 34.4. The molecule has 1 aromatic rings.